The summed E-state index contributed by atoms with van der Waals surface area (Å²) in [5.74, 6) is 0.661. The second-order valence-corrected chi connectivity index (χ2v) is 14.3. The molecule has 3 saturated heterocycles. The number of nitrogens with zero attached hydrogens (tertiary/aromatic N) is 4. The molecule has 1 spiro atoms. The summed E-state index contributed by atoms with van der Waals surface area (Å²) in [5.41, 5.74) is 2.39. The monoisotopic (exact) mass is 564 g/mol. The van der Waals surface area contributed by atoms with Crippen LogP contribution >= 0.6 is 0 Å². The summed E-state index contributed by atoms with van der Waals surface area (Å²) in [4.78, 5) is 31.8. The highest BCUT2D eigenvalue weighted by molar-refractivity contribution is 7.88. The van der Waals surface area contributed by atoms with Crippen molar-refractivity contribution in [3.63, 3.8) is 0 Å². The molecule has 10 nitrogen and oxygen atoms in total. The van der Waals surface area contributed by atoms with Crippen LogP contribution in [-0.2, 0) is 19.6 Å². The number of likely N-dealkylation sites (tertiary alicyclic amines) is 1. The van der Waals surface area contributed by atoms with E-state index in [0.29, 0.717) is 57.9 Å². The normalized spacial score (nSPS) is 24.5. The van der Waals surface area contributed by atoms with E-state index < -0.39 is 21.6 Å². The molecule has 4 heterocycles. The van der Waals surface area contributed by atoms with Gasteiger partial charge in [-0.3, -0.25) is 19.6 Å². The van der Waals surface area contributed by atoms with Crippen LogP contribution in [0.15, 0.2) is 0 Å². The fraction of sp³-hybridized carbons (Fsp3) is 0.821. The molecular formula is C28H48N6O4S. The highest BCUT2D eigenvalue weighted by Crippen LogP contribution is 2.42. The van der Waals surface area contributed by atoms with Crippen molar-refractivity contribution in [1.82, 2.24) is 29.6 Å². The largest absolute Gasteiger partial charge is 0.342 e. The second-order valence-electron chi connectivity index (χ2n) is 12.4. The first-order chi connectivity index (χ1) is 18.4. The van der Waals surface area contributed by atoms with Crippen LogP contribution in [0.25, 0.3) is 0 Å². The van der Waals surface area contributed by atoms with E-state index in [9.17, 15) is 18.0 Å². The maximum Gasteiger partial charge on any atom is 0.246 e. The van der Waals surface area contributed by atoms with Crippen LogP contribution in [0.5, 0.6) is 0 Å². The molecule has 220 valence electrons. The van der Waals surface area contributed by atoms with Gasteiger partial charge in [-0.25, -0.2) is 12.7 Å². The Balaban J connectivity index is 1.58. The highest BCUT2D eigenvalue weighted by Gasteiger charge is 2.54. The summed E-state index contributed by atoms with van der Waals surface area (Å²) in [6.07, 6.45) is 6.54. The number of carbonyl (C=O) groups excluding carboxylic acids is 2. The molecule has 3 fully saturated rings. The topological polar surface area (TPSA) is 119 Å². The number of aromatic nitrogens is 2. The lowest BCUT2D eigenvalue weighted by atomic mass is 9.78. The molecule has 2 atom stereocenters. The number of nitrogens with one attached hydrogen (secondary N) is 2. The Morgan fingerprint density at radius 2 is 1.72 bits per heavy atom. The summed E-state index contributed by atoms with van der Waals surface area (Å²) in [6, 6.07) is -0.357. The Hall–Kier alpha value is -1.98. The number of H-pyrrole nitrogens is 1. The molecule has 0 saturated carbocycles. The van der Waals surface area contributed by atoms with Gasteiger partial charge >= 0.3 is 0 Å². The number of hydrogen-bond donors (Lipinski definition) is 2. The summed E-state index contributed by atoms with van der Waals surface area (Å²) in [5, 5.41) is 10.7. The third-order valence-electron chi connectivity index (χ3n) is 9.16. The molecule has 1 aromatic heterocycles. The Bertz CT molecular complexity index is 1110. The zero-order chi connectivity index (χ0) is 28.5. The van der Waals surface area contributed by atoms with Gasteiger partial charge in [0, 0.05) is 50.0 Å². The number of aromatic amines is 1. The zero-order valence-electron chi connectivity index (χ0n) is 24.6. The summed E-state index contributed by atoms with van der Waals surface area (Å²) in [6.45, 7) is 13.4. The van der Waals surface area contributed by atoms with Gasteiger partial charge in [0.05, 0.1) is 11.9 Å². The number of aryl methyl sites for hydroxylation is 2. The predicted molar refractivity (Wildman–Crippen MR) is 151 cm³/mol. The average Bonchev–Trinajstić information content (AvgIpc) is 3.21. The predicted octanol–water partition coefficient (Wildman–Crippen LogP) is 2.75. The van der Waals surface area contributed by atoms with Gasteiger partial charge in [0.25, 0.3) is 0 Å². The minimum Gasteiger partial charge on any atom is -0.342 e. The first-order valence-corrected chi connectivity index (χ1v) is 16.6. The number of rotatable bonds is 9. The number of hydrogen-bond acceptors (Lipinski definition) is 6. The number of carbonyl (C=O) groups is 2. The first kappa shape index (κ1) is 30.0. The van der Waals surface area contributed by atoms with Gasteiger partial charge in [-0.2, -0.15) is 5.10 Å². The maximum atomic E-state index is 13.7. The minimum atomic E-state index is -3.21. The van der Waals surface area contributed by atoms with Crippen molar-refractivity contribution < 1.29 is 18.0 Å². The lowest BCUT2D eigenvalue weighted by Gasteiger charge is -2.53. The van der Waals surface area contributed by atoms with Gasteiger partial charge in [-0.05, 0) is 64.2 Å². The fourth-order valence-corrected chi connectivity index (χ4v) is 7.93. The van der Waals surface area contributed by atoms with Crippen molar-refractivity contribution in [2.75, 3.05) is 39.0 Å². The van der Waals surface area contributed by atoms with Gasteiger partial charge in [-0.1, -0.05) is 27.2 Å². The van der Waals surface area contributed by atoms with Gasteiger partial charge in [0.15, 0.2) is 0 Å². The molecule has 2 N–H and O–H groups in total. The Kier molecular flexibility index (Phi) is 9.12. The van der Waals surface area contributed by atoms with Crippen molar-refractivity contribution in [3.05, 3.63) is 17.0 Å². The highest BCUT2D eigenvalue weighted by atomic mass is 32.2. The van der Waals surface area contributed by atoms with E-state index in [1.807, 2.05) is 18.7 Å². The molecule has 0 bridgehead atoms. The molecule has 1 aromatic rings. The molecule has 11 heteroatoms. The lowest BCUT2D eigenvalue weighted by molar-refractivity contribution is -0.162. The third kappa shape index (κ3) is 6.05. The molecule has 3 aliphatic rings. The van der Waals surface area contributed by atoms with Gasteiger partial charge in [0.2, 0.25) is 21.8 Å². The van der Waals surface area contributed by atoms with Crippen LogP contribution in [0.2, 0.25) is 0 Å². The van der Waals surface area contributed by atoms with Crippen LogP contribution in [0.4, 0.5) is 0 Å². The van der Waals surface area contributed by atoms with Crippen LogP contribution in [0.1, 0.15) is 88.7 Å². The fourth-order valence-electron chi connectivity index (χ4n) is 7.05. The molecule has 1 unspecified atom stereocenters. The average molecular weight is 565 g/mol. The number of amides is 2. The molecule has 39 heavy (non-hydrogen) atoms. The van der Waals surface area contributed by atoms with Crippen molar-refractivity contribution in [2.24, 2.45) is 11.8 Å². The number of piperidine rings is 2. The second kappa shape index (κ2) is 11.9. The van der Waals surface area contributed by atoms with E-state index in [2.05, 4.69) is 41.2 Å². The van der Waals surface area contributed by atoms with E-state index in [4.69, 9.17) is 0 Å². The smallest absolute Gasteiger partial charge is 0.246 e. The Morgan fingerprint density at radius 1 is 1.08 bits per heavy atom. The van der Waals surface area contributed by atoms with Crippen LogP contribution < -0.4 is 5.32 Å². The first-order valence-electron chi connectivity index (χ1n) is 14.7. The van der Waals surface area contributed by atoms with Crippen LogP contribution in [-0.4, -0.2) is 95.1 Å². The van der Waals surface area contributed by atoms with Crippen molar-refractivity contribution in [2.45, 2.75) is 97.2 Å². The summed E-state index contributed by atoms with van der Waals surface area (Å²) < 4.78 is 25.9. The third-order valence-corrected chi connectivity index (χ3v) is 10.5. The molecule has 0 aromatic carbocycles. The molecule has 4 rings (SSSR count). The zero-order valence-corrected chi connectivity index (χ0v) is 25.4. The number of piperazine rings is 1. The standard InChI is InChI=1S/C28H48N6O4S/c1-7-8-13-34-26(35)23(18-19(2)3)29-27(36)28(34)11-16-32(17-12-28)25(24-20(4)30-31-21(24)5)22-9-14-33(15-10-22)39(6,37)38/h19,22-23,25H,7-18H2,1-6H3,(H,29,36)(H,30,31)/t23-,25?/m0/s1. The maximum absolute atomic E-state index is 13.7. The Labute approximate surface area is 234 Å². The van der Waals surface area contributed by atoms with Gasteiger partial charge in [0.1, 0.15) is 11.6 Å². The lowest BCUT2D eigenvalue weighted by Crippen LogP contribution is -2.73. The van der Waals surface area contributed by atoms with E-state index in [-0.39, 0.29) is 23.8 Å². The number of sulfonamides is 1. The van der Waals surface area contributed by atoms with Crippen molar-refractivity contribution in [3.8, 4) is 0 Å². The molecular weight excluding hydrogens is 516 g/mol. The van der Waals surface area contributed by atoms with E-state index in [1.165, 1.54) is 11.8 Å². The minimum absolute atomic E-state index is 0.00261. The molecule has 2 amide bonds. The molecule has 3 aliphatic heterocycles. The van der Waals surface area contributed by atoms with Crippen molar-refractivity contribution >= 4 is 21.8 Å². The summed E-state index contributed by atoms with van der Waals surface area (Å²) in [7, 11) is -3.21. The van der Waals surface area contributed by atoms with E-state index >= 15 is 0 Å². The summed E-state index contributed by atoms with van der Waals surface area (Å²) >= 11 is 0. The van der Waals surface area contributed by atoms with E-state index in [1.54, 1.807) is 4.31 Å². The quantitative estimate of drug-likeness (QED) is 0.476. The van der Waals surface area contributed by atoms with Crippen LogP contribution in [0.3, 0.4) is 0 Å². The Morgan fingerprint density at radius 3 is 2.23 bits per heavy atom. The van der Waals surface area contributed by atoms with Gasteiger partial charge in [-0.15, -0.1) is 0 Å². The molecule has 0 aliphatic carbocycles. The van der Waals surface area contributed by atoms with Crippen LogP contribution in [0, 0.1) is 25.7 Å². The SMILES string of the molecule is CCCCN1C(=O)[C@H](CC(C)C)NC(=O)C12CCN(C(c1c(C)n[nH]c1C)C1CCN(S(C)(=O)=O)CC1)CC2. The van der Waals surface area contributed by atoms with Gasteiger partial charge < -0.3 is 10.2 Å². The number of unbranched alkanes of at least 4 members (excludes halogenated alkanes) is 1. The molecule has 0 radical (unpaired) electrons. The van der Waals surface area contributed by atoms with E-state index in [0.717, 1.165) is 37.1 Å². The van der Waals surface area contributed by atoms with Crippen molar-refractivity contribution in [1.29, 1.82) is 0 Å².